The summed E-state index contributed by atoms with van der Waals surface area (Å²) in [4.78, 5) is 6.77. The Morgan fingerprint density at radius 2 is 1.68 bits per heavy atom. The summed E-state index contributed by atoms with van der Waals surface area (Å²) in [6, 6.07) is 10.0. The highest BCUT2D eigenvalue weighted by Gasteiger charge is 2.33. The van der Waals surface area contributed by atoms with E-state index in [2.05, 4.69) is 35.1 Å². The van der Waals surface area contributed by atoms with Crippen LogP contribution in [0.2, 0.25) is 0 Å². The van der Waals surface area contributed by atoms with Gasteiger partial charge in [0.15, 0.2) is 0 Å². The molecular weight excluding hydrogens is 272 g/mol. The van der Waals surface area contributed by atoms with Crippen molar-refractivity contribution in [3.8, 4) is 5.75 Å². The molecule has 0 N–H and O–H groups in total. The fourth-order valence-electron chi connectivity index (χ4n) is 3.68. The number of hydrogen-bond donors (Lipinski definition) is 0. The van der Waals surface area contributed by atoms with Crippen molar-refractivity contribution >= 4 is 10.8 Å². The molecule has 1 aromatic heterocycles. The fraction of sp³-hybridized carbons (Fsp3) is 0.526. The molecule has 0 spiro atoms. The highest BCUT2D eigenvalue weighted by atomic mass is 16.5. The monoisotopic (exact) mass is 296 g/mol. The summed E-state index contributed by atoms with van der Waals surface area (Å²) in [5, 5.41) is 2.37. The first kappa shape index (κ1) is 14.0. The van der Waals surface area contributed by atoms with Gasteiger partial charge in [-0.15, -0.1) is 0 Å². The number of benzene rings is 1. The molecule has 1 aromatic carbocycles. The van der Waals surface area contributed by atoms with Gasteiger partial charge in [-0.1, -0.05) is 0 Å². The molecule has 0 radical (unpaired) electrons. The third kappa shape index (κ3) is 2.95. The lowest BCUT2D eigenvalue weighted by molar-refractivity contribution is 0.0976. The lowest BCUT2D eigenvalue weighted by Crippen LogP contribution is -2.38. The van der Waals surface area contributed by atoms with Crippen LogP contribution in [0.1, 0.15) is 38.5 Å². The van der Waals surface area contributed by atoms with Crippen LogP contribution in [0.4, 0.5) is 0 Å². The standard InChI is InChI=1S/C19H24N2O/c1-21(16-3-4-16)17-5-8-18(9-6-17)22-19-7-2-15-13-20-11-10-14(15)12-19/h2,7,10-13,16-18H,3-6,8-9H2,1H3. The van der Waals surface area contributed by atoms with E-state index < -0.39 is 0 Å². The van der Waals surface area contributed by atoms with Gasteiger partial charge in [-0.05, 0) is 75.2 Å². The third-order valence-corrected chi connectivity index (χ3v) is 5.26. The molecule has 0 atom stereocenters. The zero-order valence-electron chi connectivity index (χ0n) is 13.2. The van der Waals surface area contributed by atoms with E-state index in [9.17, 15) is 0 Å². The molecular formula is C19H24N2O. The van der Waals surface area contributed by atoms with E-state index >= 15 is 0 Å². The lowest BCUT2D eigenvalue weighted by Gasteiger charge is -2.34. The maximum Gasteiger partial charge on any atom is 0.120 e. The first-order valence-electron chi connectivity index (χ1n) is 8.52. The Labute approximate surface area is 132 Å². The Morgan fingerprint density at radius 3 is 2.41 bits per heavy atom. The molecule has 116 valence electrons. The molecule has 2 aliphatic carbocycles. The number of rotatable bonds is 4. The minimum Gasteiger partial charge on any atom is -0.490 e. The van der Waals surface area contributed by atoms with Gasteiger partial charge in [0.25, 0.3) is 0 Å². The van der Waals surface area contributed by atoms with Gasteiger partial charge < -0.3 is 9.64 Å². The van der Waals surface area contributed by atoms with E-state index in [1.165, 1.54) is 49.3 Å². The summed E-state index contributed by atoms with van der Waals surface area (Å²) in [6.07, 6.45) is 11.8. The van der Waals surface area contributed by atoms with Gasteiger partial charge in [0, 0.05) is 29.9 Å². The number of ether oxygens (including phenoxy) is 1. The first-order valence-corrected chi connectivity index (χ1v) is 8.52. The molecule has 1 heterocycles. The number of nitrogens with zero attached hydrogens (tertiary/aromatic N) is 2. The predicted octanol–water partition coefficient (Wildman–Crippen LogP) is 4.02. The molecule has 0 amide bonds. The van der Waals surface area contributed by atoms with Crippen molar-refractivity contribution in [3.63, 3.8) is 0 Å². The van der Waals surface area contributed by atoms with Crippen molar-refractivity contribution in [2.75, 3.05) is 7.05 Å². The number of fused-ring (bicyclic) bond motifs is 1. The Morgan fingerprint density at radius 1 is 0.955 bits per heavy atom. The van der Waals surface area contributed by atoms with Gasteiger partial charge >= 0.3 is 0 Å². The molecule has 2 aliphatic rings. The van der Waals surface area contributed by atoms with Crippen molar-refractivity contribution in [3.05, 3.63) is 36.7 Å². The van der Waals surface area contributed by atoms with Crippen LogP contribution in [-0.2, 0) is 0 Å². The Hall–Kier alpha value is -1.61. The fourth-order valence-corrected chi connectivity index (χ4v) is 3.68. The van der Waals surface area contributed by atoms with Crippen molar-refractivity contribution in [1.29, 1.82) is 0 Å². The molecule has 0 unspecified atom stereocenters. The van der Waals surface area contributed by atoms with Gasteiger partial charge in [0.2, 0.25) is 0 Å². The van der Waals surface area contributed by atoms with E-state index in [1.807, 2.05) is 18.5 Å². The topological polar surface area (TPSA) is 25.4 Å². The zero-order chi connectivity index (χ0) is 14.9. The summed E-state index contributed by atoms with van der Waals surface area (Å²) in [5.74, 6) is 0.998. The largest absolute Gasteiger partial charge is 0.490 e. The van der Waals surface area contributed by atoms with Crippen LogP contribution in [-0.4, -0.2) is 35.1 Å². The minimum atomic E-state index is 0.378. The summed E-state index contributed by atoms with van der Waals surface area (Å²) >= 11 is 0. The van der Waals surface area contributed by atoms with Crippen molar-refractivity contribution in [2.24, 2.45) is 0 Å². The lowest BCUT2D eigenvalue weighted by atomic mass is 9.92. The van der Waals surface area contributed by atoms with Gasteiger partial charge in [-0.2, -0.15) is 0 Å². The minimum absolute atomic E-state index is 0.378. The second kappa shape index (κ2) is 5.88. The van der Waals surface area contributed by atoms with Crippen molar-refractivity contribution in [2.45, 2.75) is 56.7 Å². The molecule has 0 bridgehead atoms. The molecule has 22 heavy (non-hydrogen) atoms. The van der Waals surface area contributed by atoms with E-state index in [0.29, 0.717) is 6.10 Å². The van der Waals surface area contributed by atoms with Gasteiger partial charge in [0.1, 0.15) is 5.75 Å². The Bertz CT molecular complexity index is 645. The van der Waals surface area contributed by atoms with Crippen molar-refractivity contribution in [1.82, 2.24) is 9.88 Å². The van der Waals surface area contributed by atoms with E-state index in [1.54, 1.807) is 0 Å². The van der Waals surface area contributed by atoms with Crippen LogP contribution in [0.15, 0.2) is 36.7 Å². The van der Waals surface area contributed by atoms with E-state index in [4.69, 9.17) is 4.74 Å². The molecule has 0 saturated heterocycles. The van der Waals surface area contributed by atoms with Gasteiger partial charge in [0.05, 0.1) is 6.10 Å². The summed E-state index contributed by atoms with van der Waals surface area (Å²) in [6.45, 7) is 0. The predicted molar refractivity (Wildman–Crippen MR) is 89.2 cm³/mol. The molecule has 0 aliphatic heterocycles. The van der Waals surface area contributed by atoms with Gasteiger partial charge in [-0.25, -0.2) is 0 Å². The number of hydrogen-bond acceptors (Lipinski definition) is 3. The summed E-state index contributed by atoms with van der Waals surface area (Å²) < 4.78 is 6.23. The first-order chi connectivity index (χ1) is 10.8. The molecule has 2 aromatic rings. The smallest absolute Gasteiger partial charge is 0.120 e. The second-order valence-electron chi connectivity index (χ2n) is 6.83. The van der Waals surface area contributed by atoms with Crippen LogP contribution < -0.4 is 4.74 Å². The highest BCUT2D eigenvalue weighted by molar-refractivity contribution is 5.82. The molecule has 2 fully saturated rings. The van der Waals surface area contributed by atoms with Gasteiger partial charge in [-0.3, -0.25) is 4.98 Å². The third-order valence-electron chi connectivity index (χ3n) is 5.26. The Balaban J connectivity index is 1.37. The maximum absolute atomic E-state index is 6.23. The summed E-state index contributed by atoms with van der Waals surface area (Å²) in [7, 11) is 2.31. The SMILES string of the molecule is CN(C1CCC(Oc2ccc3cnccc3c2)CC1)C1CC1. The molecule has 3 nitrogen and oxygen atoms in total. The average Bonchev–Trinajstić information content (AvgIpc) is 3.40. The van der Waals surface area contributed by atoms with Crippen molar-refractivity contribution < 1.29 is 4.74 Å². The van der Waals surface area contributed by atoms with E-state index in [-0.39, 0.29) is 0 Å². The maximum atomic E-state index is 6.23. The van der Waals surface area contributed by atoms with Crippen LogP contribution in [0.25, 0.3) is 10.8 Å². The quantitative estimate of drug-likeness (QED) is 0.852. The average molecular weight is 296 g/mol. The molecule has 4 rings (SSSR count). The number of aromatic nitrogens is 1. The number of pyridine rings is 1. The molecule has 3 heteroatoms. The molecule has 2 saturated carbocycles. The highest BCUT2D eigenvalue weighted by Crippen LogP contribution is 2.33. The zero-order valence-corrected chi connectivity index (χ0v) is 13.2. The second-order valence-corrected chi connectivity index (χ2v) is 6.83. The van der Waals surface area contributed by atoms with Crippen LogP contribution in [0.5, 0.6) is 5.75 Å². The summed E-state index contributed by atoms with van der Waals surface area (Å²) in [5.41, 5.74) is 0. The van der Waals surface area contributed by atoms with E-state index in [0.717, 1.165) is 17.8 Å². The Kier molecular flexibility index (Phi) is 3.75. The normalized spacial score (nSPS) is 25.5. The van der Waals surface area contributed by atoms with Crippen LogP contribution in [0, 0.1) is 0 Å². The van der Waals surface area contributed by atoms with Crippen LogP contribution in [0.3, 0.4) is 0 Å². The van der Waals surface area contributed by atoms with Crippen LogP contribution >= 0.6 is 0 Å².